The number of furan rings is 1. The zero-order valence-electron chi connectivity index (χ0n) is 13.1. The van der Waals surface area contributed by atoms with Crippen LogP contribution in [-0.4, -0.2) is 22.4 Å². The van der Waals surface area contributed by atoms with Crippen molar-refractivity contribution in [1.29, 1.82) is 0 Å². The maximum atomic E-state index is 12.1. The van der Waals surface area contributed by atoms with Crippen LogP contribution in [0.4, 0.5) is 0 Å². The minimum atomic E-state index is -0.726. The second-order valence-electron chi connectivity index (χ2n) is 5.21. The number of carbonyl (C=O) groups excluding carboxylic acids is 2. The molecule has 0 saturated carbocycles. The third-order valence-corrected chi connectivity index (χ3v) is 4.61. The zero-order valence-corrected chi connectivity index (χ0v) is 14.0. The van der Waals surface area contributed by atoms with Gasteiger partial charge in [-0.1, -0.05) is 23.5 Å². The van der Waals surface area contributed by atoms with Crippen LogP contribution >= 0.6 is 11.3 Å². The van der Waals surface area contributed by atoms with Crippen LogP contribution in [0, 0.1) is 0 Å². The Kier molecular flexibility index (Phi) is 4.48. The van der Waals surface area contributed by atoms with E-state index in [1.54, 1.807) is 6.92 Å². The highest BCUT2D eigenvalue weighted by atomic mass is 32.1. The van der Waals surface area contributed by atoms with E-state index >= 15 is 0 Å². The Balaban J connectivity index is 1.69. The lowest BCUT2D eigenvalue weighted by Gasteiger charge is -2.10. The number of aryl methyl sites for hydroxylation is 1. The van der Waals surface area contributed by atoms with Gasteiger partial charge in [0.1, 0.15) is 12.3 Å². The van der Waals surface area contributed by atoms with Gasteiger partial charge >= 0.3 is 0 Å². The van der Waals surface area contributed by atoms with Crippen LogP contribution in [0.5, 0.6) is 0 Å². The lowest BCUT2D eigenvalue weighted by Crippen LogP contribution is -2.43. The first kappa shape index (κ1) is 16.0. The number of nitrogens with zero attached hydrogens (tertiary/aromatic N) is 2. The smallest absolute Gasteiger partial charge is 0.262 e. The molecule has 0 bridgehead atoms. The summed E-state index contributed by atoms with van der Waals surface area (Å²) in [6.45, 7) is 1.59. The van der Waals surface area contributed by atoms with Crippen molar-refractivity contribution in [3.05, 3.63) is 53.2 Å². The molecular weight excluding hydrogens is 328 g/mol. The highest BCUT2D eigenvalue weighted by molar-refractivity contribution is 7.16. The average Bonchev–Trinajstić information content (AvgIpc) is 3.21. The fraction of sp³-hybridized carbons (Fsp3) is 0.188. The number of nitrogens with one attached hydrogen (secondary N) is 2. The molecule has 2 heterocycles. The van der Waals surface area contributed by atoms with Gasteiger partial charge < -0.3 is 14.3 Å². The number of aromatic nitrogens is 1. The molecule has 3 aromatic rings. The second kappa shape index (κ2) is 6.71. The number of thiazole rings is 1. The highest BCUT2D eigenvalue weighted by Crippen LogP contribution is 2.14. The molecule has 1 unspecified atom stereocenters. The first-order valence-electron chi connectivity index (χ1n) is 7.27. The van der Waals surface area contributed by atoms with Crippen molar-refractivity contribution < 1.29 is 14.0 Å². The highest BCUT2D eigenvalue weighted by Gasteiger charge is 2.17. The molecule has 0 spiro atoms. The van der Waals surface area contributed by atoms with Crippen LogP contribution in [0.3, 0.4) is 0 Å². The Morgan fingerprint density at radius 3 is 2.79 bits per heavy atom. The molecule has 0 fully saturated rings. The van der Waals surface area contributed by atoms with Gasteiger partial charge in [-0.15, -0.1) is 5.10 Å². The number of para-hydroxylation sites is 1. The van der Waals surface area contributed by atoms with Crippen molar-refractivity contribution in [1.82, 2.24) is 15.3 Å². The van der Waals surface area contributed by atoms with Crippen molar-refractivity contribution in [3.63, 3.8) is 0 Å². The lowest BCUT2D eigenvalue weighted by molar-refractivity contribution is -0.122. The van der Waals surface area contributed by atoms with E-state index in [1.807, 2.05) is 35.9 Å². The van der Waals surface area contributed by atoms with E-state index in [2.05, 4.69) is 15.8 Å². The monoisotopic (exact) mass is 344 g/mol. The number of hydrogen-bond donors (Lipinski definition) is 2. The van der Waals surface area contributed by atoms with Crippen molar-refractivity contribution in [2.75, 3.05) is 0 Å². The molecule has 3 rings (SSSR count). The standard InChI is InChI=1S/C16H16N4O3S/c1-10(17-15(22)11-7-8-23-9-11)14(21)18-19-16-20(2)12-5-3-4-6-13(12)24-16/h3-10H,1-2H3,(H,17,22)(H,18,21)/b19-16-. The first-order valence-corrected chi connectivity index (χ1v) is 8.09. The van der Waals surface area contributed by atoms with Gasteiger partial charge in [-0.2, -0.15) is 0 Å². The van der Waals surface area contributed by atoms with Crippen LogP contribution in [-0.2, 0) is 11.8 Å². The summed E-state index contributed by atoms with van der Waals surface area (Å²) in [7, 11) is 1.88. The topological polar surface area (TPSA) is 88.6 Å². The molecule has 0 aliphatic rings. The summed E-state index contributed by atoms with van der Waals surface area (Å²) in [4.78, 5) is 24.6. The third kappa shape index (κ3) is 3.23. The Morgan fingerprint density at radius 1 is 1.29 bits per heavy atom. The normalized spacial score (nSPS) is 13.0. The SMILES string of the molecule is CC(NC(=O)c1ccoc1)C(=O)N/N=c1\sc2ccccc2n1C. The third-order valence-electron chi connectivity index (χ3n) is 3.50. The Bertz CT molecular complexity index is 940. The van der Waals surface area contributed by atoms with Crippen LogP contribution in [0.2, 0.25) is 0 Å². The van der Waals surface area contributed by atoms with Crippen molar-refractivity contribution in [2.45, 2.75) is 13.0 Å². The number of hydrogen-bond acceptors (Lipinski definition) is 5. The van der Waals surface area contributed by atoms with Crippen molar-refractivity contribution >= 4 is 33.4 Å². The average molecular weight is 344 g/mol. The number of carbonyl (C=O) groups is 2. The summed E-state index contributed by atoms with van der Waals surface area (Å²) in [6, 6.07) is 8.69. The summed E-state index contributed by atoms with van der Waals surface area (Å²) in [5.74, 6) is -0.775. The molecule has 0 radical (unpaired) electrons. The molecule has 2 aromatic heterocycles. The van der Waals surface area contributed by atoms with Crippen LogP contribution in [0.15, 0.2) is 52.4 Å². The fourth-order valence-electron chi connectivity index (χ4n) is 2.13. The van der Waals surface area contributed by atoms with Gasteiger partial charge in [0.15, 0.2) is 0 Å². The van der Waals surface area contributed by atoms with Gasteiger partial charge in [-0.05, 0) is 25.1 Å². The van der Waals surface area contributed by atoms with E-state index in [4.69, 9.17) is 4.42 Å². The Hall–Kier alpha value is -2.87. The maximum absolute atomic E-state index is 12.1. The number of amides is 2. The minimum absolute atomic E-state index is 0.363. The lowest BCUT2D eigenvalue weighted by atomic mass is 10.2. The van der Waals surface area contributed by atoms with Crippen molar-refractivity contribution in [2.24, 2.45) is 12.1 Å². The van der Waals surface area contributed by atoms with E-state index in [-0.39, 0.29) is 5.91 Å². The number of rotatable bonds is 4. The molecule has 2 N–H and O–H groups in total. The molecule has 0 aliphatic heterocycles. The molecule has 7 nitrogen and oxygen atoms in total. The van der Waals surface area contributed by atoms with E-state index < -0.39 is 11.9 Å². The molecule has 2 amide bonds. The van der Waals surface area contributed by atoms with E-state index in [0.29, 0.717) is 10.4 Å². The zero-order chi connectivity index (χ0) is 17.1. The number of fused-ring (bicyclic) bond motifs is 1. The summed E-state index contributed by atoms with van der Waals surface area (Å²) in [6.07, 6.45) is 2.72. The van der Waals surface area contributed by atoms with Gasteiger partial charge in [0.2, 0.25) is 4.80 Å². The molecule has 1 atom stereocenters. The maximum Gasteiger partial charge on any atom is 0.262 e. The molecule has 0 aliphatic carbocycles. The van der Waals surface area contributed by atoms with Gasteiger partial charge in [0.05, 0.1) is 22.0 Å². The van der Waals surface area contributed by atoms with Gasteiger partial charge in [-0.3, -0.25) is 9.59 Å². The van der Waals surface area contributed by atoms with Gasteiger partial charge in [0, 0.05) is 7.05 Å². The van der Waals surface area contributed by atoms with E-state index in [0.717, 1.165) is 10.2 Å². The van der Waals surface area contributed by atoms with Crippen LogP contribution < -0.4 is 15.5 Å². The molecule has 124 valence electrons. The predicted molar refractivity (Wildman–Crippen MR) is 90.1 cm³/mol. The summed E-state index contributed by atoms with van der Waals surface area (Å²) >= 11 is 1.47. The van der Waals surface area contributed by atoms with Crippen molar-refractivity contribution in [3.8, 4) is 0 Å². The van der Waals surface area contributed by atoms with E-state index in [9.17, 15) is 9.59 Å². The van der Waals surface area contributed by atoms with Crippen LogP contribution in [0.1, 0.15) is 17.3 Å². The largest absolute Gasteiger partial charge is 0.472 e. The van der Waals surface area contributed by atoms with E-state index in [1.165, 1.54) is 29.9 Å². The quantitative estimate of drug-likeness (QED) is 0.704. The summed E-state index contributed by atoms with van der Waals surface area (Å²) in [5, 5.41) is 6.73. The fourth-order valence-corrected chi connectivity index (χ4v) is 3.11. The Morgan fingerprint density at radius 2 is 2.08 bits per heavy atom. The minimum Gasteiger partial charge on any atom is -0.472 e. The molecule has 0 saturated heterocycles. The number of benzene rings is 1. The van der Waals surface area contributed by atoms with Gasteiger partial charge in [0.25, 0.3) is 11.8 Å². The Labute approximate surface area is 141 Å². The predicted octanol–water partition coefficient (Wildman–Crippen LogP) is 1.58. The first-order chi connectivity index (χ1) is 11.6. The van der Waals surface area contributed by atoms with Crippen LogP contribution in [0.25, 0.3) is 10.2 Å². The second-order valence-corrected chi connectivity index (χ2v) is 6.22. The molecule has 8 heteroatoms. The molecular formula is C16H16N4O3S. The molecule has 1 aromatic carbocycles. The van der Waals surface area contributed by atoms with Gasteiger partial charge in [-0.25, -0.2) is 5.43 Å². The molecule has 24 heavy (non-hydrogen) atoms. The summed E-state index contributed by atoms with van der Waals surface area (Å²) < 4.78 is 7.82. The summed E-state index contributed by atoms with van der Waals surface area (Å²) in [5.41, 5.74) is 3.89.